The largest absolute Gasteiger partial charge is 0.477 e. The van der Waals surface area contributed by atoms with Crippen LogP contribution in [0.3, 0.4) is 0 Å². The van der Waals surface area contributed by atoms with Crippen LogP contribution in [0.25, 0.3) is 11.0 Å². The highest BCUT2D eigenvalue weighted by Gasteiger charge is 2.23. The summed E-state index contributed by atoms with van der Waals surface area (Å²) in [5.41, 5.74) is 0.560. The molecule has 3 rings (SSSR count). The zero-order chi connectivity index (χ0) is 15.7. The Kier molecular flexibility index (Phi) is 4.38. The first-order chi connectivity index (χ1) is 10.6. The lowest BCUT2D eigenvalue weighted by Gasteiger charge is -2.22. The molecule has 0 amide bonds. The molecule has 0 spiro atoms. The van der Waals surface area contributed by atoms with Crippen LogP contribution in [-0.4, -0.2) is 27.2 Å². The topological polar surface area (TPSA) is 49.2 Å². The predicted molar refractivity (Wildman–Crippen MR) is 82.1 cm³/mol. The Morgan fingerprint density at radius 1 is 1.27 bits per heavy atom. The average molecular weight is 328 g/mol. The first kappa shape index (κ1) is 15.3. The van der Waals surface area contributed by atoms with Gasteiger partial charge in [-0.05, 0) is 32.6 Å². The maximum Gasteiger partial charge on any atom is 0.297 e. The van der Waals surface area contributed by atoms with Crippen molar-refractivity contribution in [2.75, 3.05) is 6.61 Å². The van der Waals surface area contributed by atoms with Gasteiger partial charge in [0, 0.05) is 7.05 Å². The van der Waals surface area contributed by atoms with E-state index < -0.39 is 5.95 Å². The number of halogens is 2. The van der Waals surface area contributed by atoms with E-state index in [4.69, 9.17) is 21.1 Å². The number of aryl methyl sites for hydroxylation is 1. The summed E-state index contributed by atoms with van der Waals surface area (Å²) in [5.74, 6) is -0.613. The van der Waals surface area contributed by atoms with E-state index >= 15 is 0 Å². The highest BCUT2D eigenvalue weighted by Crippen LogP contribution is 2.35. The molecule has 0 N–H and O–H groups in total. The molecule has 120 valence electrons. The number of ether oxygens (including phenoxy) is 2. The number of hydrogen-bond acceptors (Lipinski definition) is 4. The van der Waals surface area contributed by atoms with E-state index in [2.05, 4.69) is 9.97 Å². The SMILES string of the molecule is CCOc1nc(F)c2nc(OC3CCCCC3)n(C)c2c1Cl. The van der Waals surface area contributed by atoms with Gasteiger partial charge in [-0.2, -0.15) is 14.4 Å². The van der Waals surface area contributed by atoms with Crippen molar-refractivity contribution in [3.05, 3.63) is 11.0 Å². The number of hydrogen-bond donors (Lipinski definition) is 0. The molecule has 22 heavy (non-hydrogen) atoms. The molecule has 0 radical (unpaired) electrons. The highest BCUT2D eigenvalue weighted by molar-refractivity contribution is 6.36. The second-order valence-corrected chi connectivity index (χ2v) is 5.86. The Balaban J connectivity index is 2.00. The summed E-state index contributed by atoms with van der Waals surface area (Å²) < 4.78 is 27.0. The zero-order valence-electron chi connectivity index (χ0n) is 12.7. The minimum absolute atomic E-state index is 0.0846. The van der Waals surface area contributed by atoms with Crippen LogP contribution in [-0.2, 0) is 7.05 Å². The predicted octanol–water partition coefficient (Wildman–Crippen LogP) is 3.87. The highest BCUT2D eigenvalue weighted by atomic mass is 35.5. The Hall–Kier alpha value is -1.56. The number of imidazole rings is 1. The standard InChI is InChI=1S/C15H19ClFN3O2/c1-3-21-14-10(16)12-11(13(17)19-14)18-15(20(12)2)22-9-7-5-4-6-8-9/h9H,3-8H2,1-2H3. The van der Waals surface area contributed by atoms with E-state index in [9.17, 15) is 4.39 Å². The summed E-state index contributed by atoms with van der Waals surface area (Å²) in [7, 11) is 1.76. The molecular formula is C15H19ClFN3O2. The fraction of sp³-hybridized carbons (Fsp3) is 0.600. The summed E-state index contributed by atoms with van der Waals surface area (Å²) in [5, 5.41) is 0.256. The van der Waals surface area contributed by atoms with Crippen LogP contribution in [0.5, 0.6) is 11.9 Å². The minimum Gasteiger partial charge on any atom is -0.477 e. The van der Waals surface area contributed by atoms with Gasteiger partial charge in [0.15, 0.2) is 0 Å². The molecule has 1 fully saturated rings. The Morgan fingerprint density at radius 3 is 2.68 bits per heavy atom. The Labute approximate surface area is 133 Å². The monoisotopic (exact) mass is 327 g/mol. The van der Waals surface area contributed by atoms with Crippen molar-refractivity contribution in [2.24, 2.45) is 7.05 Å². The number of pyridine rings is 1. The summed E-state index contributed by atoms with van der Waals surface area (Å²) in [6, 6.07) is 0.373. The molecule has 2 aromatic rings. The van der Waals surface area contributed by atoms with Gasteiger partial charge >= 0.3 is 0 Å². The lowest BCUT2D eigenvalue weighted by atomic mass is 9.98. The van der Waals surface area contributed by atoms with Crippen LogP contribution >= 0.6 is 11.6 Å². The molecule has 0 bridgehead atoms. The average Bonchev–Trinajstić information content (AvgIpc) is 2.84. The summed E-state index contributed by atoms with van der Waals surface area (Å²) in [6.07, 6.45) is 5.68. The molecule has 1 aliphatic carbocycles. The third-order valence-corrected chi connectivity index (χ3v) is 4.29. The van der Waals surface area contributed by atoms with Crippen LogP contribution in [0.15, 0.2) is 0 Å². The zero-order valence-corrected chi connectivity index (χ0v) is 13.5. The molecule has 1 aliphatic rings. The van der Waals surface area contributed by atoms with Gasteiger partial charge in [-0.1, -0.05) is 18.0 Å². The molecular weight excluding hydrogens is 309 g/mol. The fourth-order valence-corrected chi connectivity index (χ4v) is 3.15. The Morgan fingerprint density at radius 2 is 2.00 bits per heavy atom. The third-order valence-electron chi connectivity index (χ3n) is 3.95. The van der Waals surface area contributed by atoms with Gasteiger partial charge in [0.1, 0.15) is 16.6 Å². The molecule has 0 aromatic carbocycles. The van der Waals surface area contributed by atoms with Crippen molar-refractivity contribution in [3.63, 3.8) is 0 Å². The van der Waals surface area contributed by atoms with Crippen LogP contribution < -0.4 is 9.47 Å². The van der Waals surface area contributed by atoms with Crippen molar-refractivity contribution >= 4 is 22.6 Å². The van der Waals surface area contributed by atoms with Gasteiger partial charge in [-0.15, -0.1) is 0 Å². The number of fused-ring (bicyclic) bond motifs is 1. The second kappa shape index (κ2) is 6.28. The fourth-order valence-electron chi connectivity index (χ4n) is 2.84. The van der Waals surface area contributed by atoms with E-state index in [0.29, 0.717) is 18.1 Å². The van der Waals surface area contributed by atoms with Gasteiger partial charge in [-0.3, -0.25) is 4.57 Å². The minimum atomic E-state index is -0.697. The second-order valence-electron chi connectivity index (χ2n) is 5.48. The smallest absolute Gasteiger partial charge is 0.297 e. The molecule has 7 heteroatoms. The van der Waals surface area contributed by atoms with Gasteiger partial charge in [-0.25, -0.2) is 0 Å². The molecule has 0 unspecified atom stereocenters. The van der Waals surface area contributed by atoms with Gasteiger partial charge in [0.2, 0.25) is 11.8 Å². The quantitative estimate of drug-likeness (QED) is 0.800. The summed E-state index contributed by atoms with van der Waals surface area (Å²) >= 11 is 6.28. The van der Waals surface area contributed by atoms with E-state index in [1.165, 1.54) is 6.42 Å². The van der Waals surface area contributed by atoms with E-state index in [0.717, 1.165) is 25.7 Å². The van der Waals surface area contributed by atoms with Crippen molar-refractivity contribution in [2.45, 2.75) is 45.1 Å². The number of rotatable bonds is 4. The molecule has 0 saturated heterocycles. The molecule has 1 saturated carbocycles. The molecule has 5 nitrogen and oxygen atoms in total. The van der Waals surface area contributed by atoms with E-state index in [-0.39, 0.29) is 22.5 Å². The first-order valence-electron chi connectivity index (χ1n) is 7.62. The summed E-state index contributed by atoms with van der Waals surface area (Å²) in [4.78, 5) is 7.97. The molecule has 2 aromatic heterocycles. The molecule has 0 atom stereocenters. The maximum atomic E-state index is 14.1. The molecule has 0 aliphatic heterocycles. The number of nitrogens with zero attached hydrogens (tertiary/aromatic N) is 3. The van der Waals surface area contributed by atoms with Gasteiger partial charge < -0.3 is 9.47 Å². The van der Waals surface area contributed by atoms with Crippen molar-refractivity contribution in [1.29, 1.82) is 0 Å². The third kappa shape index (κ3) is 2.72. The first-order valence-corrected chi connectivity index (χ1v) is 8.00. The van der Waals surface area contributed by atoms with Crippen molar-refractivity contribution in [3.8, 4) is 11.9 Å². The lowest BCUT2D eigenvalue weighted by Crippen LogP contribution is -2.21. The lowest BCUT2D eigenvalue weighted by molar-refractivity contribution is 0.138. The maximum absolute atomic E-state index is 14.1. The number of aromatic nitrogens is 3. The van der Waals surface area contributed by atoms with E-state index in [1.54, 1.807) is 18.5 Å². The van der Waals surface area contributed by atoms with Gasteiger partial charge in [0.05, 0.1) is 12.1 Å². The summed E-state index contributed by atoms with van der Waals surface area (Å²) in [6.45, 7) is 2.15. The van der Waals surface area contributed by atoms with Crippen LogP contribution in [0.4, 0.5) is 4.39 Å². The van der Waals surface area contributed by atoms with Crippen LogP contribution in [0.2, 0.25) is 5.02 Å². The van der Waals surface area contributed by atoms with Gasteiger partial charge in [0.25, 0.3) is 6.01 Å². The van der Waals surface area contributed by atoms with Crippen LogP contribution in [0, 0.1) is 5.95 Å². The van der Waals surface area contributed by atoms with Crippen molar-refractivity contribution in [1.82, 2.24) is 14.5 Å². The molecule has 2 heterocycles. The normalized spacial score (nSPS) is 16.2. The van der Waals surface area contributed by atoms with Crippen LogP contribution in [0.1, 0.15) is 39.0 Å². The van der Waals surface area contributed by atoms with E-state index in [1.807, 2.05) is 0 Å². The Bertz CT molecular complexity index is 683. The van der Waals surface area contributed by atoms with Crippen molar-refractivity contribution < 1.29 is 13.9 Å².